The van der Waals surface area contributed by atoms with Crippen molar-refractivity contribution in [3.05, 3.63) is 42.7 Å². The number of hydrogen-bond donors (Lipinski definition) is 1. The fourth-order valence-electron chi connectivity index (χ4n) is 1.86. The van der Waals surface area contributed by atoms with Crippen LogP contribution >= 0.6 is 0 Å². The molecule has 1 amide bonds. The number of rotatable bonds is 4. The maximum Gasteiger partial charge on any atom is 0.260 e. The van der Waals surface area contributed by atoms with Gasteiger partial charge in [-0.2, -0.15) is 4.98 Å². The monoisotopic (exact) mass is 283 g/mol. The summed E-state index contributed by atoms with van der Waals surface area (Å²) < 4.78 is 10.5. The third-order valence-electron chi connectivity index (χ3n) is 2.92. The Kier molecular flexibility index (Phi) is 3.51. The van der Waals surface area contributed by atoms with Crippen molar-refractivity contribution in [3.63, 3.8) is 0 Å². The SMILES string of the molecule is CCC(=O)Nc1ccccc1-c1nc(-c2ccco2)no1. The van der Waals surface area contributed by atoms with Gasteiger partial charge in [-0.15, -0.1) is 0 Å². The summed E-state index contributed by atoms with van der Waals surface area (Å²) in [5.41, 5.74) is 1.31. The van der Waals surface area contributed by atoms with Gasteiger partial charge in [0.1, 0.15) is 0 Å². The number of para-hydroxylation sites is 1. The summed E-state index contributed by atoms with van der Waals surface area (Å²) in [6.45, 7) is 1.79. The highest BCUT2D eigenvalue weighted by Crippen LogP contribution is 2.28. The third-order valence-corrected chi connectivity index (χ3v) is 2.92. The standard InChI is InChI=1S/C15H13N3O3/c1-2-13(19)16-11-7-4-3-6-10(11)15-17-14(18-21-15)12-8-5-9-20-12/h3-9H,2H2,1H3,(H,16,19). The second-order valence-electron chi connectivity index (χ2n) is 4.35. The van der Waals surface area contributed by atoms with Crippen LogP contribution in [0, 0.1) is 0 Å². The number of aromatic nitrogens is 2. The molecule has 2 aromatic heterocycles. The molecule has 106 valence electrons. The molecule has 1 aromatic carbocycles. The molecule has 0 spiro atoms. The molecule has 3 rings (SSSR count). The van der Waals surface area contributed by atoms with Crippen LogP contribution in [0.1, 0.15) is 13.3 Å². The zero-order valence-electron chi connectivity index (χ0n) is 11.4. The Balaban J connectivity index is 1.95. The number of nitrogens with one attached hydrogen (secondary N) is 1. The molecule has 0 unspecified atom stereocenters. The third kappa shape index (κ3) is 2.69. The fraction of sp³-hybridized carbons (Fsp3) is 0.133. The molecule has 0 atom stereocenters. The molecule has 21 heavy (non-hydrogen) atoms. The van der Waals surface area contributed by atoms with Crippen LogP contribution in [-0.2, 0) is 4.79 Å². The number of benzene rings is 1. The number of nitrogens with zero attached hydrogens (tertiary/aromatic N) is 2. The maximum absolute atomic E-state index is 11.6. The second kappa shape index (κ2) is 5.62. The van der Waals surface area contributed by atoms with Gasteiger partial charge in [-0.1, -0.05) is 24.2 Å². The van der Waals surface area contributed by atoms with E-state index < -0.39 is 0 Å². The second-order valence-corrected chi connectivity index (χ2v) is 4.35. The Bertz CT molecular complexity index is 747. The fourth-order valence-corrected chi connectivity index (χ4v) is 1.86. The van der Waals surface area contributed by atoms with Crippen LogP contribution in [0.25, 0.3) is 23.0 Å². The summed E-state index contributed by atoms with van der Waals surface area (Å²) in [4.78, 5) is 15.9. The van der Waals surface area contributed by atoms with Gasteiger partial charge in [0.2, 0.25) is 11.7 Å². The summed E-state index contributed by atoms with van der Waals surface area (Å²) in [5.74, 6) is 1.15. The Morgan fingerprint density at radius 1 is 1.24 bits per heavy atom. The zero-order chi connectivity index (χ0) is 14.7. The van der Waals surface area contributed by atoms with Gasteiger partial charge in [0.15, 0.2) is 5.76 Å². The van der Waals surface area contributed by atoms with Crippen LogP contribution in [-0.4, -0.2) is 16.0 Å². The van der Waals surface area contributed by atoms with Crippen LogP contribution in [0.15, 0.2) is 51.6 Å². The molecule has 0 fully saturated rings. The number of anilines is 1. The first-order valence-electron chi connectivity index (χ1n) is 6.54. The Morgan fingerprint density at radius 2 is 2.10 bits per heavy atom. The lowest BCUT2D eigenvalue weighted by atomic mass is 10.1. The van der Waals surface area contributed by atoms with Crippen molar-refractivity contribution in [1.82, 2.24) is 10.1 Å². The van der Waals surface area contributed by atoms with Crippen LogP contribution in [0.2, 0.25) is 0 Å². The largest absolute Gasteiger partial charge is 0.461 e. The highest BCUT2D eigenvalue weighted by atomic mass is 16.5. The van der Waals surface area contributed by atoms with E-state index in [0.717, 1.165) is 0 Å². The minimum atomic E-state index is -0.0757. The summed E-state index contributed by atoms with van der Waals surface area (Å²) in [6, 6.07) is 10.8. The van der Waals surface area contributed by atoms with Crippen molar-refractivity contribution in [2.75, 3.05) is 5.32 Å². The van der Waals surface area contributed by atoms with Gasteiger partial charge >= 0.3 is 0 Å². The van der Waals surface area contributed by atoms with Crippen LogP contribution < -0.4 is 5.32 Å². The molecule has 0 radical (unpaired) electrons. The maximum atomic E-state index is 11.6. The quantitative estimate of drug-likeness (QED) is 0.794. The van der Waals surface area contributed by atoms with Gasteiger partial charge in [-0.25, -0.2) is 0 Å². The molecule has 1 N–H and O–H groups in total. The average Bonchev–Trinajstić information content (AvgIpc) is 3.18. The van der Waals surface area contributed by atoms with Gasteiger partial charge in [-0.05, 0) is 24.3 Å². The van der Waals surface area contributed by atoms with E-state index in [-0.39, 0.29) is 5.91 Å². The summed E-state index contributed by atoms with van der Waals surface area (Å²) >= 11 is 0. The predicted octanol–water partition coefficient (Wildman–Crippen LogP) is 3.35. The van der Waals surface area contributed by atoms with E-state index in [4.69, 9.17) is 8.94 Å². The molecule has 0 aliphatic rings. The van der Waals surface area contributed by atoms with Crippen LogP contribution in [0.4, 0.5) is 5.69 Å². The molecule has 0 aliphatic heterocycles. The summed E-state index contributed by atoms with van der Waals surface area (Å²) in [6.07, 6.45) is 1.94. The van der Waals surface area contributed by atoms with Gasteiger partial charge in [-0.3, -0.25) is 4.79 Å². The van der Waals surface area contributed by atoms with E-state index >= 15 is 0 Å². The van der Waals surface area contributed by atoms with Crippen molar-refractivity contribution in [2.45, 2.75) is 13.3 Å². The molecule has 0 bridgehead atoms. The number of hydrogen-bond acceptors (Lipinski definition) is 5. The molecule has 3 aromatic rings. The lowest BCUT2D eigenvalue weighted by Crippen LogP contribution is -2.10. The van der Waals surface area contributed by atoms with Crippen molar-refractivity contribution >= 4 is 11.6 Å². The first-order valence-corrected chi connectivity index (χ1v) is 6.54. The van der Waals surface area contributed by atoms with Crippen molar-refractivity contribution in [3.8, 4) is 23.0 Å². The normalized spacial score (nSPS) is 10.5. The molecule has 6 heteroatoms. The molecule has 2 heterocycles. The van der Waals surface area contributed by atoms with Crippen molar-refractivity contribution < 1.29 is 13.7 Å². The summed E-state index contributed by atoms with van der Waals surface area (Å²) in [5, 5.41) is 6.70. The smallest absolute Gasteiger partial charge is 0.260 e. The van der Waals surface area contributed by atoms with E-state index in [9.17, 15) is 4.79 Å². The Hall–Kier alpha value is -2.89. The van der Waals surface area contributed by atoms with Crippen molar-refractivity contribution in [2.24, 2.45) is 0 Å². The lowest BCUT2D eigenvalue weighted by Gasteiger charge is -2.06. The number of carbonyl (C=O) groups excluding carboxylic acids is 1. The van der Waals surface area contributed by atoms with Crippen molar-refractivity contribution in [1.29, 1.82) is 0 Å². The first kappa shape index (κ1) is 13.1. The van der Waals surface area contributed by atoms with Gasteiger partial charge < -0.3 is 14.3 Å². The molecule has 0 saturated heterocycles. The van der Waals surface area contributed by atoms with Crippen LogP contribution in [0.5, 0.6) is 0 Å². The molecular weight excluding hydrogens is 270 g/mol. The minimum absolute atomic E-state index is 0.0757. The van der Waals surface area contributed by atoms with E-state index in [1.807, 2.05) is 18.2 Å². The minimum Gasteiger partial charge on any atom is -0.461 e. The molecule has 6 nitrogen and oxygen atoms in total. The molecular formula is C15H13N3O3. The molecule has 0 aliphatic carbocycles. The van der Waals surface area contributed by atoms with E-state index in [2.05, 4.69) is 15.5 Å². The van der Waals surface area contributed by atoms with E-state index in [1.54, 1.807) is 31.4 Å². The van der Waals surface area contributed by atoms with Crippen LogP contribution in [0.3, 0.4) is 0 Å². The van der Waals surface area contributed by atoms with Gasteiger partial charge in [0, 0.05) is 6.42 Å². The van der Waals surface area contributed by atoms with E-state index in [1.165, 1.54) is 0 Å². The number of amides is 1. The number of furan rings is 1. The lowest BCUT2D eigenvalue weighted by molar-refractivity contribution is -0.115. The highest BCUT2D eigenvalue weighted by molar-refractivity contribution is 5.94. The Labute approximate surface area is 120 Å². The summed E-state index contributed by atoms with van der Waals surface area (Å²) in [7, 11) is 0. The Morgan fingerprint density at radius 3 is 2.86 bits per heavy atom. The topological polar surface area (TPSA) is 81.2 Å². The highest BCUT2D eigenvalue weighted by Gasteiger charge is 2.15. The van der Waals surface area contributed by atoms with E-state index in [0.29, 0.717) is 35.1 Å². The molecule has 0 saturated carbocycles. The zero-order valence-corrected chi connectivity index (χ0v) is 11.4. The average molecular weight is 283 g/mol. The van der Waals surface area contributed by atoms with Gasteiger partial charge in [0.05, 0.1) is 17.5 Å². The predicted molar refractivity (Wildman–Crippen MR) is 76.4 cm³/mol. The number of carbonyl (C=O) groups is 1. The first-order chi connectivity index (χ1) is 10.3. The van der Waals surface area contributed by atoms with Gasteiger partial charge in [0.25, 0.3) is 5.89 Å².